The fourth-order valence-electron chi connectivity index (χ4n) is 3.35. The number of aryl methyl sites for hydroxylation is 1. The Balaban J connectivity index is 1.48. The van der Waals surface area contributed by atoms with Crippen molar-refractivity contribution in [1.82, 2.24) is 15.6 Å². The fraction of sp³-hybridized carbons (Fsp3) is 0.455. The first-order chi connectivity index (χ1) is 13.7. The van der Waals surface area contributed by atoms with Gasteiger partial charge in [-0.2, -0.15) is 0 Å². The molecule has 0 saturated heterocycles. The van der Waals surface area contributed by atoms with E-state index < -0.39 is 0 Å². The molecular formula is C22H30N4O2. The van der Waals surface area contributed by atoms with Crippen LogP contribution in [0.15, 0.2) is 41.5 Å². The van der Waals surface area contributed by atoms with E-state index in [0.717, 1.165) is 35.7 Å². The van der Waals surface area contributed by atoms with Gasteiger partial charge in [0, 0.05) is 38.0 Å². The molecule has 28 heavy (non-hydrogen) atoms. The van der Waals surface area contributed by atoms with Crippen LogP contribution in [-0.2, 0) is 13.1 Å². The topological polar surface area (TPSA) is 67.8 Å². The number of aliphatic imine (C=N–C) groups is 1. The zero-order chi connectivity index (χ0) is 19.8. The molecule has 6 nitrogen and oxygen atoms in total. The van der Waals surface area contributed by atoms with Crippen molar-refractivity contribution in [3.63, 3.8) is 0 Å². The highest BCUT2D eigenvalue weighted by atomic mass is 16.5. The molecule has 1 fully saturated rings. The molecule has 1 aromatic carbocycles. The molecule has 0 aliphatic heterocycles. The molecule has 0 radical (unpaired) electrons. The van der Waals surface area contributed by atoms with Crippen molar-refractivity contribution in [2.45, 2.75) is 51.8 Å². The number of pyridine rings is 1. The summed E-state index contributed by atoms with van der Waals surface area (Å²) in [7, 11) is 3.46. The van der Waals surface area contributed by atoms with Gasteiger partial charge in [0.2, 0.25) is 5.88 Å². The largest absolute Gasteiger partial charge is 0.496 e. The molecule has 2 aromatic rings. The summed E-state index contributed by atoms with van der Waals surface area (Å²) in [6.07, 6.45) is 6.98. The Kier molecular flexibility index (Phi) is 7.12. The number of methoxy groups -OCH3 is 1. The van der Waals surface area contributed by atoms with Crippen molar-refractivity contribution in [3.8, 4) is 11.6 Å². The van der Waals surface area contributed by atoms with Crippen LogP contribution in [0.4, 0.5) is 0 Å². The van der Waals surface area contributed by atoms with E-state index in [0.29, 0.717) is 25.1 Å². The average molecular weight is 383 g/mol. The highest BCUT2D eigenvalue weighted by Crippen LogP contribution is 2.23. The third-order valence-corrected chi connectivity index (χ3v) is 4.96. The van der Waals surface area contributed by atoms with Crippen molar-refractivity contribution >= 4 is 5.96 Å². The number of hydrogen-bond acceptors (Lipinski definition) is 4. The quantitative estimate of drug-likeness (QED) is 0.566. The third kappa shape index (κ3) is 5.62. The summed E-state index contributed by atoms with van der Waals surface area (Å²) in [5.41, 5.74) is 3.34. The van der Waals surface area contributed by atoms with Gasteiger partial charge in [0.05, 0.1) is 7.11 Å². The normalized spacial score (nSPS) is 14.8. The summed E-state index contributed by atoms with van der Waals surface area (Å²) < 4.78 is 11.4. The number of benzene rings is 1. The van der Waals surface area contributed by atoms with Crippen LogP contribution in [0.1, 0.15) is 42.4 Å². The molecule has 0 amide bonds. The zero-order valence-electron chi connectivity index (χ0n) is 17.0. The number of ether oxygens (including phenoxy) is 2. The lowest BCUT2D eigenvalue weighted by atomic mass is 10.1. The van der Waals surface area contributed by atoms with Crippen LogP contribution < -0.4 is 20.1 Å². The summed E-state index contributed by atoms with van der Waals surface area (Å²) in [4.78, 5) is 8.72. The van der Waals surface area contributed by atoms with Crippen LogP contribution in [0.25, 0.3) is 0 Å². The second-order valence-electron chi connectivity index (χ2n) is 7.12. The van der Waals surface area contributed by atoms with Crippen LogP contribution >= 0.6 is 0 Å². The number of hydrogen-bond donors (Lipinski definition) is 2. The van der Waals surface area contributed by atoms with E-state index in [2.05, 4.69) is 39.7 Å². The Bertz CT molecular complexity index is 784. The Hall–Kier alpha value is -2.76. The molecule has 0 unspecified atom stereocenters. The minimum Gasteiger partial charge on any atom is -0.496 e. The van der Waals surface area contributed by atoms with Gasteiger partial charge in [-0.15, -0.1) is 0 Å². The lowest BCUT2D eigenvalue weighted by Gasteiger charge is -2.15. The average Bonchev–Trinajstić information content (AvgIpc) is 3.23. The van der Waals surface area contributed by atoms with E-state index >= 15 is 0 Å². The second-order valence-corrected chi connectivity index (χ2v) is 7.12. The summed E-state index contributed by atoms with van der Waals surface area (Å²) in [5.74, 6) is 2.32. The molecule has 1 heterocycles. The number of nitrogens with zero attached hydrogens (tertiary/aromatic N) is 2. The SMILES string of the molecule is CN=C(NCc1ccc(OC2CCCC2)nc1)NCc1ccc(C)cc1OC. The minimum atomic E-state index is 0.332. The molecule has 0 bridgehead atoms. The number of rotatable bonds is 7. The van der Waals surface area contributed by atoms with Crippen LogP contribution in [0, 0.1) is 6.92 Å². The Morgan fingerprint density at radius 2 is 1.93 bits per heavy atom. The summed E-state index contributed by atoms with van der Waals surface area (Å²) in [6.45, 7) is 3.33. The molecule has 0 atom stereocenters. The Morgan fingerprint density at radius 1 is 1.14 bits per heavy atom. The Morgan fingerprint density at radius 3 is 2.61 bits per heavy atom. The van der Waals surface area contributed by atoms with E-state index in [1.807, 2.05) is 24.4 Å². The predicted molar refractivity (Wildman–Crippen MR) is 112 cm³/mol. The van der Waals surface area contributed by atoms with Crippen LogP contribution in [0.3, 0.4) is 0 Å². The monoisotopic (exact) mass is 382 g/mol. The van der Waals surface area contributed by atoms with Gasteiger partial charge in [0.1, 0.15) is 11.9 Å². The lowest BCUT2D eigenvalue weighted by molar-refractivity contribution is 0.201. The Labute approximate surface area is 167 Å². The van der Waals surface area contributed by atoms with Gasteiger partial charge in [-0.05, 0) is 49.8 Å². The van der Waals surface area contributed by atoms with Gasteiger partial charge >= 0.3 is 0 Å². The molecule has 3 rings (SSSR count). The maximum atomic E-state index is 5.92. The minimum absolute atomic E-state index is 0.332. The van der Waals surface area contributed by atoms with E-state index in [9.17, 15) is 0 Å². The van der Waals surface area contributed by atoms with Gasteiger partial charge in [-0.1, -0.05) is 18.2 Å². The van der Waals surface area contributed by atoms with Gasteiger partial charge in [0.15, 0.2) is 5.96 Å². The highest BCUT2D eigenvalue weighted by molar-refractivity contribution is 5.79. The van der Waals surface area contributed by atoms with Crippen LogP contribution in [0.2, 0.25) is 0 Å². The first-order valence-corrected chi connectivity index (χ1v) is 9.87. The standard InChI is InChI=1S/C22H30N4O2/c1-16-8-10-18(20(12-16)27-3)15-26-22(23-2)25-14-17-9-11-21(24-13-17)28-19-6-4-5-7-19/h8-13,19H,4-7,14-15H2,1-3H3,(H2,23,25,26). The van der Waals surface area contributed by atoms with Crippen molar-refractivity contribution in [2.75, 3.05) is 14.2 Å². The maximum Gasteiger partial charge on any atom is 0.213 e. The molecular weight excluding hydrogens is 352 g/mol. The smallest absolute Gasteiger partial charge is 0.213 e. The molecule has 6 heteroatoms. The maximum absolute atomic E-state index is 5.92. The van der Waals surface area contributed by atoms with Gasteiger partial charge in [-0.3, -0.25) is 4.99 Å². The molecule has 150 valence electrons. The van der Waals surface area contributed by atoms with Crippen molar-refractivity contribution < 1.29 is 9.47 Å². The number of aromatic nitrogens is 1. The molecule has 1 aliphatic carbocycles. The third-order valence-electron chi connectivity index (χ3n) is 4.96. The first kappa shape index (κ1) is 20.0. The lowest BCUT2D eigenvalue weighted by Crippen LogP contribution is -2.36. The molecule has 1 aliphatic rings. The van der Waals surface area contributed by atoms with E-state index in [4.69, 9.17) is 9.47 Å². The fourth-order valence-corrected chi connectivity index (χ4v) is 3.35. The van der Waals surface area contributed by atoms with Crippen molar-refractivity contribution in [2.24, 2.45) is 4.99 Å². The predicted octanol–water partition coefficient (Wildman–Crippen LogP) is 3.59. The van der Waals surface area contributed by atoms with E-state index in [-0.39, 0.29) is 0 Å². The molecule has 0 spiro atoms. The summed E-state index contributed by atoms with van der Waals surface area (Å²) in [6, 6.07) is 10.2. The molecule has 1 aromatic heterocycles. The number of nitrogens with one attached hydrogen (secondary N) is 2. The van der Waals surface area contributed by atoms with E-state index in [1.165, 1.54) is 18.4 Å². The van der Waals surface area contributed by atoms with Gasteiger partial charge in [-0.25, -0.2) is 4.98 Å². The first-order valence-electron chi connectivity index (χ1n) is 9.87. The second kappa shape index (κ2) is 9.97. The van der Waals surface area contributed by atoms with Gasteiger partial charge < -0.3 is 20.1 Å². The number of guanidine groups is 1. The van der Waals surface area contributed by atoms with Crippen molar-refractivity contribution in [1.29, 1.82) is 0 Å². The molecule has 2 N–H and O–H groups in total. The zero-order valence-corrected chi connectivity index (χ0v) is 17.0. The highest BCUT2D eigenvalue weighted by Gasteiger charge is 2.16. The summed E-state index contributed by atoms with van der Waals surface area (Å²) >= 11 is 0. The molecule has 1 saturated carbocycles. The van der Waals surface area contributed by atoms with E-state index in [1.54, 1.807) is 14.2 Å². The van der Waals surface area contributed by atoms with Crippen LogP contribution in [-0.4, -0.2) is 31.2 Å². The van der Waals surface area contributed by atoms with Crippen molar-refractivity contribution in [3.05, 3.63) is 53.2 Å². The van der Waals surface area contributed by atoms with Crippen LogP contribution in [0.5, 0.6) is 11.6 Å². The summed E-state index contributed by atoms with van der Waals surface area (Å²) in [5, 5.41) is 6.64. The van der Waals surface area contributed by atoms with Gasteiger partial charge in [0.25, 0.3) is 0 Å².